The van der Waals surface area contributed by atoms with Crippen LogP contribution in [0.15, 0.2) is 48.5 Å². The first-order valence-corrected chi connectivity index (χ1v) is 6.72. The summed E-state index contributed by atoms with van der Waals surface area (Å²) < 4.78 is 11.5. The van der Waals surface area contributed by atoms with E-state index < -0.39 is 0 Å². The van der Waals surface area contributed by atoms with E-state index in [1.807, 2.05) is 62.4 Å². The van der Waals surface area contributed by atoms with Gasteiger partial charge in [-0.3, -0.25) is 0 Å². The first kappa shape index (κ1) is 13.9. The van der Waals surface area contributed by atoms with Gasteiger partial charge in [0.1, 0.15) is 11.5 Å². The highest BCUT2D eigenvalue weighted by molar-refractivity contribution is 6.30. The van der Waals surface area contributed by atoms with Crippen LogP contribution in [-0.4, -0.2) is 6.61 Å². The van der Waals surface area contributed by atoms with Gasteiger partial charge in [0, 0.05) is 17.2 Å². The Hall–Kier alpha value is -1.51. The fourth-order valence-electron chi connectivity index (χ4n) is 1.88. The molecule has 2 aromatic rings. The number of hydrogen-bond donors (Lipinski definition) is 0. The van der Waals surface area contributed by atoms with Crippen LogP contribution in [0.5, 0.6) is 11.5 Å². The van der Waals surface area contributed by atoms with Crippen LogP contribution in [0.3, 0.4) is 0 Å². The van der Waals surface area contributed by atoms with Crippen molar-refractivity contribution in [2.24, 2.45) is 0 Å². The molecule has 0 aromatic heterocycles. The lowest BCUT2D eigenvalue weighted by molar-refractivity contribution is 0.0749. The summed E-state index contributed by atoms with van der Waals surface area (Å²) in [5.74, 6) is 1.58. The standard InChI is InChI=1S/C16H17ClO2/c1-3-18-12(2)15-6-4-5-7-16(15)19-14-10-8-13(17)9-11-14/h4-12H,3H2,1-2H3. The minimum Gasteiger partial charge on any atom is -0.457 e. The van der Waals surface area contributed by atoms with Crippen LogP contribution in [0.4, 0.5) is 0 Å². The molecule has 0 saturated heterocycles. The molecule has 2 nitrogen and oxygen atoms in total. The zero-order valence-corrected chi connectivity index (χ0v) is 11.9. The van der Waals surface area contributed by atoms with E-state index in [9.17, 15) is 0 Å². The van der Waals surface area contributed by atoms with Crippen molar-refractivity contribution in [2.75, 3.05) is 6.61 Å². The van der Waals surface area contributed by atoms with Crippen molar-refractivity contribution >= 4 is 11.6 Å². The predicted octanol–water partition coefficient (Wildman–Crippen LogP) is 5.23. The van der Waals surface area contributed by atoms with E-state index in [0.717, 1.165) is 17.1 Å². The zero-order chi connectivity index (χ0) is 13.7. The minimum atomic E-state index is 0.00787. The lowest BCUT2D eigenvalue weighted by Crippen LogP contribution is -2.01. The van der Waals surface area contributed by atoms with Gasteiger partial charge in [-0.05, 0) is 44.2 Å². The van der Waals surface area contributed by atoms with E-state index in [1.165, 1.54) is 0 Å². The smallest absolute Gasteiger partial charge is 0.133 e. The van der Waals surface area contributed by atoms with Gasteiger partial charge >= 0.3 is 0 Å². The van der Waals surface area contributed by atoms with Gasteiger partial charge in [0.15, 0.2) is 0 Å². The summed E-state index contributed by atoms with van der Waals surface area (Å²) in [4.78, 5) is 0. The maximum Gasteiger partial charge on any atom is 0.133 e. The Balaban J connectivity index is 2.22. The second-order valence-electron chi connectivity index (χ2n) is 4.19. The third-order valence-corrected chi connectivity index (χ3v) is 3.07. The summed E-state index contributed by atoms with van der Waals surface area (Å²) >= 11 is 5.86. The number of hydrogen-bond acceptors (Lipinski definition) is 2. The first-order chi connectivity index (χ1) is 9.20. The summed E-state index contributed by atoms with van der Waals surface area (Å²) in [7, 11) is 0. The quantitative estimate of drug-likeness (QED) is 0.744. The summed E-state index contributed by atoms with van der Waals surface area (Å²) in [5, 5.41) is 0.698. The minimum absolute atomic E-state index is 0.00787. The fraction of sp³-hybridized carbons (Fsp3) is 0.250. The highest BCUT2D eigenvalue weighted by Gasteiger charge is 2.11. The molecule has 0 heterocycles. The molecule has 0 saturated carbocycles. The zero-order valence-electron chi connectivity index (χ0n) is 11.1. The van der Waals surface area contributed by atoms with Gasteiger partial charge in [-0.1, -0.05) is 29.8 Å². The van der Waals surface area contributed by atoms with Crippen LogP contribution in [-0.2, 0) is 4.74 Å². The van der Waals surface area contributed by atoms with Crippen molar-refractivity contribution in [3.05, 3.63) is 59.1 Å². The van der Waals surface area contributed by atoms with Gasteiger partial charge in [-0.2, -0.15) is 0 Å². The molecule has 0 aliphatic carbocycles. The molecule has 1 unspecified atom stereocenters. The Morgan fingerprint density at radius 3 is 2.42 bits per heavy atom. The molecule has 2 aromatic carbocycles. The van der Waals surface area contributed by atoms with Crippen molar-refractivity contribution in [3.8, 4) is 11.5 Å². The molecule has 0 bridgehead atoms. The Bertz CT molecular complexity index is 523. The average molecular weight is 277 g/mol. The van der Waals surface area contributed by atoms with E-state index in [2.05, 4.69) is 0 Å². The van der Waals surface area contributed by atoms with E-state index >= 15 is 0 Å². The molecule has 0 fully saturated rings. The molecule has 0 radical (unpaired) electrons. The lowest BCUT2D eigenvalue weighted by Gasteiger charge is -2.16. The molecule has 0 amide bonds. The van der Waals surface area contributed by atoms with Crippen molar-refractivity contribution in [2.45, 2.75) is 20.0 Å². The first-order valence-electron chi connectivity index (χ1n) is 6.34. The second kappa shape index (κ2) is 6.60. The molecule has 1 atom stereocenters. The maximum atomic E-state index is 5.89. The third-order valence-electron chi connectivity index (χ3n) is 2.82. The molecule has 0 aliphatic heterocycles. The number of rotatable bonds is 5. The highest BCUT2D eigenvalue weighted by atomic mass is 35.5. The molecule has 19 heavy (non-hydrogen) atoms. The van der Waals surface area contributed by atoms with Crippen molar-refractivity contribution in [1.82, 2.24) is 0 Å². The molecule has 100 valence electrons. The number of benzene rings is 2. The lowest BCUT2D eigenvalue weighted by atomic mass is 10.1. The predicted molar refractivity (Wildman–Crippen MR) is 78.0 cm³/mol. The van der Waals surface area contributed by atoms with Crippen molar-refractivity contribution in [3.63, 3.8) is 0 Å². The molecule has 0 spiro atoms. The van der Waals surface area contributed by atoms with Crippen LogP contribution in [0.2, 0.25) is 5.02 Å². The molecule has 3 heteroatoms. The van der Waals surface area contributed by atoms with Gasteiger partial charge in [0.2, 0.25) is 0 Å². The largest absolute Gasteiger partial charge is 0.457 e. The molecular weight excluding hydrogens is 260 g/mol. The SMILES string of the molecule is CCOC(C)c1ccccc1Oc1ccc(Cl)cc1. The normalized spacial score (nSPS) is 12.2. The van der Waals surface area contributed by atoms with Gasteiger partial charge in [-0.15, -0.1) is 0 Å². The molecule has 2 rings (SSSR count). The van der Waals surface area contributed by atoms with E-state index in [4.69, 9.17) is 21.1 Å². The second-order valence-corrected chi connectivity index (χ2v) is 4.63. The van der Waals surface area contributed by atoms with Crippen LogP contribution in [0.25, 0.3) is 0 Å². The number of para-hydroxylation sites is 1. The maximum absolute atomic E-state index is 5.89. The van der Waals surface area contributed by atoms with Crippen LogP contribution in [0, 0.1) is 0 Å². The van der Waals surface area contributed by atoms with Crippen LogP contribution < -0.4 is 4.74 Å². The molecule has 0 aliphatic rings. The summed E-state index contributed by atoms with van der Waals surface area (Å²) in [5.41, 5.74) is 1.04. The van der Waals surface area contributed by atoms with E-state index in [1.54, 1.807) is 0 Å². The highest BCUT2D eigenvalue weighted by Crippen LogP contribution is 2.31. The van der Waals surface area contributed by atoms with Gasteiger partial charge in [0.05, 0.1) is 6.10 Å². The number of halogens is 1. The monoisotopic (exact) mass is 276 g/mol. The van der Waals surface area contributed by atoms with Crippen LogP contribution >= 0.6 is 11.6 Å². The Morgan fingerprint density at radius 1 is 1.05 bits per heavy atom. The van der Waals surface area contributed by atoms with E-state index in [-0.39, 0.29) is 6.10 Å². The summed E-state index contributed by atoms with van der Waals surface area (Å²) in [6, 6.07) is 15.2. The molecule has 0 N–H and O–H groups in total. The Morgan fingerprint density at radius 2 is 1.74 bits per heavy atom. The summed E-state index contributed by atoms with van der Waals surface area (Å²) in [6.45, 7) is 4.68. The van der Waals surface area contributed by atoms with Gasteiger partial charge in [0.25, 0.3) is 0 Å². The Kier molecular flexibility index (Phi) is 4.83. The fourth-order valence-corrected chi connectivity index (χ4v) is 2.00. The Labute approximate surface area is 118 Å². The summed E-state index contributed by atoms with van der Waals surface area (Å²) in [6.07, 6.45) is 0.00787. The van der Waals surface area contributed by atoms with Gasteiger partial charge < -0.3 is 9.47 Å². The average Bonchev–Trinajstić information content (AvgIpc) is 2.42. The van der Waals surface area contributed by atoms with Crippen LogP contribution in [0.1, 0.15) is 25.5 Å². The van der Waals surface area contributed by atoms with E-state index in [0.29, 0.717) is 11.6 Å². The third kappa shape index (κ3) is 3.72. The van der Waals surface area contributed by atoms with Crippen molar-refractivity contribution < 1.29 is 9.47 Å². The number of ether oxygens (including phenoxy) is 2. The van der Waals surface area contributed by atoms with Crippen molar-refractivity contribution in [1.29, 1.82) is 0 Å². The molecular formula is C16H17ClO2. The van der Waals surface area contributed by atoms with Gasteiger partial charge in [-0.25, -0.2) is 0 Å². The topological polar surface area (TPSA) is 18.5 Å².